The molecule has 466 valence electrons. The van der Waals surface area contributed by atoms with Gasteiger partial charge in [0.15, 0.2) is 68.6 Å². The topological polar surface area (TPSA) is 417 Å². The molecule has 11 rings (SSSR count). The summed E-state index contributed by atoms with van der Waals surface area (Å²) in [6.45, 7) is -4.25. The van der Waals surface area contributed by atoms with Crippen LogP contribution in [0.1, 0.15) is 70.5 Å². The lowest BCUT2D eigenvalue weighted by atomic mass is 10.2. The predicted molar refractivity (Wildman–Crippen MR) is 325 cm³/mol. The van der Waals surface area contributed by atoms with E-state index in [-0.39, 0.29) is 104 Å². The second-order valence-electron chi connectivity index (χ2n) is 19.6. The molecule has 5 amide bonds. The summed E-state index contributed by atoms with van der Waals surface area (Å²) in [6, 6.07) is 9.13. The molecule has 9 aromatic rings. The zero-order valence-corrected chi connectivity index (χ0v) is 49.6. The second kappa shape index (κ2) is 27.9. The van der Waals surface area contributed by atoms with Gasteiger partial charge >= 0.3 is 0 Å². The zero-order chi connectivity index (χ0) is 71.8. The molecular formula is C55H61ClN26O8. The standard InChI is InChI=1S/2C20H23N9O3.C15H15ClN8O2/c2*1-10-7-12(10)19(30)25-15-8-13(16(27-26-15)20(31)21-2)24-18-17(32-4)11(5-6-22-18)14-9-23-29(3)28-14;1-17-15(25)12-9(6-11(16)21-22-12)20-14-13(26-3)8(4-5-18-14)10-7-19-24(2)23-10/h2*5-6,8-10,12H,7H2,1-4H3,(H,21,31)(H2,22,24,25,26,30);4-7H,1-3H3,(H,17,25)(H,18,20,21)/t2*10-,12-;/m11./s1/i2*2D3;1D3. The second-order valence-corrected chi connectivity index (χ2v) is 20.0. The summed E-state index contributed by atoms with van der Waals surface area (Å²) >= 11 is 5.90. The summed E-state index contributed by atoms with van der Waals surface area (Å²) in [4.78, 5) is 79.3. The van der Waals surface area contributed by atoms with E-state index >= 15 is 0 Å². The van der Waals surface area contributed by atoms with Crippen molar-refractivity contribution in [3.8, 4) is 51.0 Å². The monoisotopic (exact) mass is 1260 g/mol. The van der Waals surface area contributed by atoms with Crippen molar-refractivity contribution in [2.24, 2.45) is 44.8 Å². The molecule has 0 aromatic carbocycles. The minimum Gasteiger partial charge on any atom is -0.492 e. The molecule has 35 heteroatoms. The first-order valence-corrected chi connectivity index (χ1v) is 27.0. The number of ether oxygens (including phenoxy) is 3. The molecule has 2 aliphatic rings. The Morgan fingerprint density at radius 1 is 0.511 bits per heavy atom. The van der Waals surface area contributed by atoms with Gasteiger partial charge in [-0.15, -0.1) is 30.6 Å². The van der Waals surface area contributed by atoms with E-state index in [1.54, 1.807) is 57.9 Å². The Morgan fingerprint density at radius 3 is 1.12 bits per heavy atom. The first-order valence-electron chi connectivity index (χ1n) is 31.2. The summed E-state index contributed by atoms with van der Waals surface area (Å²) in [6.07, 6.45) is 10.7. The molecule has 8 N–H and O–H groups in total. The summed E-state index contributed by atoms with van der Waals surface area (Å²) in [5.41, 5.74) is 2.64. The van der Waals surface area contributed by atoms with Gasteiger partial charge < -0.3 is 56.7 Å². The van der Waals surface area contributed by atoms with E-state index in [0.29, 0.717) is 51.0 Å². The Kier molecular flexibility index (Phi) is 16.1. The number of hydrogen-bond donors (Lipinski definition) is 8. The van der Waals surface area contributed by atoms with E-state index in [1.807, 2.05) is 29.8 Å². The van der Waals surface area contributed by atoms with Crippen LogP contribution in [0.3, 0.4) is 0 Å². The third-order valence-electron chi connectivity index (χ3n) is 13.4. The molecule has 0 spiro atoms. The maximum atomic E-state index is 12.6. The fourth-order valence-corrected chi connectivity index (χ4v) is 8.83. The third-order valence-corrected chi connectivity index (χ3v) is 13.6. The summed E-state index contributed by atoms with van der Waals surface area (Å²) < 4.78 is 82.1. The summed E-state index contributed by atoms with van der Waals surface area (Å²) in [7, 11) is 9.36. The van der Waals surface area contributed by atoms with Crippen molar-refractivity contribution < 1.29 is 50.5 Å². The Hall–Kier alpha value is -11.5. The van der Waals surface area contributed by atoms with Gasteiger partial charge in [0.2, 0.25) is 11.8 Å². The molecule has 9 heterocycles. The fraction of sp³-hybridized carbons (Fsp3) is 0.309. The smallest absolute Gasteiger partial charge is 0.273 e. The van der Waals surface area contributed by atoms with Crippen molar-refractivity contribution in [3.63, 3.8) is 0 Å². The zero-order valence-electron chi connectivity index (χ0n) is 57.8. The minimum absolute atomic E-state index is 0.0121. The van der Waals surface area contributed by atoms with Crippen molar-refractivity contribution in [1.82, 2.24) is 106 Å². The Bertz CT molecular complexity index is 4300. The van der Waals surface area contributed by atoms with Crippen LogP contribution in [0.4, 0.5) is 46.2 Å². The normalized spacial score (nSPS) is 16.9. The molecule has 0 aliphatic heterocycles. The lowest BCUT2D eigenvalue weighted by Crippen LogP contribution is -2.22. The highest BCUT2D eigenvalue weighted by molar-refractivity contribution is 6.29. The van der Waals surface area contributed by atoms with E-state index in [1.165, 1.54) is 72.5 Å². The van der Waals surface area contributed by atoms with Crippen LogP contribution in [0.5, 0.6) is 17.2 Å². The van der Waals surface area contributed by atoms with Gasteiger partial charge in [-0.1, -0.05) is 25.4 Å². The molecule has 0 unspecified atom stereocenters. The number of nitrogens with one attached hydrogen (secondary N) is 8. The quantitative estimate of drug-likeness (QED) is 0.0563. The number of carbonyl (C=O) groups is 5. The molecule has 0 radical (unpaired) electrons. The number of methoxy groups -OCH3 is 3. The van der Waals surface area contributed by atoms with Crippen molar-refractivity contribution in [2.45, 2.75) is 26.7 Å². The lowest BCUT2D eigenvalue weighted by Gasteiger charge is -2.15. The molecule has 90 heavy (non-hydrogen) atoms. The van der Waals surface area contributed by atoms with Gasteiger partial charge in [0.1, 0.15) is 17.1 Å². The summed E-state index contributed by atoms with van der Waals surface area (Å²) in [5.74, 6) is -1.32. The van der Waals surface area contributed by atoms with Gasteiger partial charge in [0, 0.05) is 103 Å². The minimum atomic E-state index is -2.74. The number of hydrogen-bond acceptors (Lipinski definition) is 26. The van der Waals surface area contributed by atoms with Gasteiger partial charge in [-0.3, -0.25) is 24.0 Å². The van der Waals surface area contributed by atoms with E-state index in [4.69, 9.17) is 38.1 Å². The van der Waals surface area contributed by atoms with Crippen LogP contribution >= 0.6 is 11.6 Å². The van der Waals surface area contributed by atoms with Crippen molar-refractivity contribution >= 4 is 87.3 Å². The van der Waals surface area contributed by atoms with Gasteiger partial charge in [0.25, 0.3) is 17.7 Å². The average Bonchev–Trinajstić information content (AvgIpc) is 1.66. The van der Waals surface area contributed by atoms with Crippen LogP contribution in [0.25, 0.3) is 33.8 Å². The molecule has 9 aromatic heterocycles. The number of carbonyl (C=O) groups excluding carboxylic acids is 5. The maximum absolute atomic E-state index is 12.6. The largest absolute Gasteiger partial charge is 0.492 e. The SMILES string of the molecule is [2H]C([2H])([2H])NC(=O)c1nnc(Cl)cc1Nc1nccc(-c2cnn(C)n2)c1OC.[2H]C([2H])([2H])NC(=O)c1nnc(NC(=O)[C@@H]2C[C@H]2C)cc1Nc1nccc(-c2cnn(C)n2)c1OC.[2H]C([2H])([2H])NC(=O)c1nnc(NC(=O)[C@@H]2C[C@H]2C)cc1Nc1nccc(-c2cnn(C)n2)c1OC. The number of anilines is 8. The molecule has 34 nitrogen and oxygen atoms in total. The van der Waals surface area contributed by atoms with Crippen molar-refractivity contribution in [1.29, 1.82) is 0 Å². The van der Waals surface area contributed by atoms with Crippen molar-refractivity contribution in [3.05, 3.63) is 95.8 Å². The third kappa shape index (κ3) is 14.7. The number of rotatable bonds is 19. The lowest BCUT2D eigenvalue weighted by molar-refractivity contribution is -0.118. The molecular weight excluding hydrogens is 1190 g/mol. The number of amides is 5. The number of halogens is 1. The molecule has 0 saturated heterocycles. The highest BCUT2D eigenvalue weighted by Gasteiger charge is 2.40. The van der Waals surface area contributed by atoms with Gasteiger partial charge in [0.05, 0.1) is 73.7 Å². The number of pyridine rings is 3. The van der Waals surface area contributed by atoms with Gasteiger partial charge in [-0.05, 0) is 42.9 Å². The predicted octanol–water partition coefficient (Wildman–Crippen LogP) is 4.18. The Labute approximate surface area is 530 Å². The molecule has 0 bridgehead atoms. The molecule has 2 aliphatic carbocycles. The van der Waals surface area contributed by atoms with Crippen LogP contribution in [0, 0.1) is 23.7 Å². The highest BCUT2D eigenvalue weighted by atomic mass is 35.5. The van der Waals surface area contributed by atoms with Crippen molar-refractivity contribution in [2.75, 3.05) is 68.8 Å². The Morgan fingerprint density at radius 2 is 0.833 bits per heavy atom. The van der Waals surface area contributed by atoms with Crippen LogP contribution in [0.2, 0.25) is 5.15 Å². The number of aryl methyl sites for hydroxylation is 3. The first kappa shape index (κ1) is 51.7. The Balaban J connectivity index is 0.000000174. The first-order chi connectivity index (χ1) is 46.8. The van der Waals surface area contributed by atoms with Crippen LogP contribution in [-0.2, 0) is 30.7 Å². The molecule has 2 fully saturated rings. The fourth-order valence-electron chi connectivity index (χ4n) is 8.68. The average molecular weight is 1260 g/mol. The van der Waals surface area contributed by atoms with Crippen LogP contribution in [0.15, 0.2) is 73.6 Å². The number of aromatic nitrogens is 18. The van der Waals surface area contributed by atoms with Gasteiger partial charge in [-0.25, -0.2) is 15.0 Å². The maximum Gasteiger partial charge on any atom is 0.273 e. The van der Waals surface area contributed by atoms with E-state index < -0.39 is 38.6 Å². The summed E-state index contributed by atoms with van der Waals surface area (Å²) in [5, 5.41) is 67.5. The molecule has 4 atom stereocenters. The van der Waals surface area contributed by atoms with Crippen LogP contribution < -0.4 is 56.7 Å². The van der Waals surface area contributed by atoms with E-state index in [2.05, 4.69) is 103 Å². The van der Waals surface area contributed by atoms with E-state index in [9.17, 15) is 24.0 Å². The highest BCUT2D eigenvalue weighted by Crippen LogP contribution is 2.42. The molecule has 2 saturated carbocycles. The number of nitrogens with zero attached hydrogens (tertiary/aromatic N) is 18. The van der Waals surface area contributed by atoms with Crippen LogP contribution in [-0.4, -0.2) is 162 Å². The van der Waals surface area contributed by atoms with E-state index in [0.717, 1.165) is 12.8 Å². The van der Waals surface area contributed by atoms with Gasteiger partial charge in [-0.2, -0.15) is 45.0 Å².